The average Bonchev–Trinajstić information content (AvgIpc) is 2.85. The molecule has 0 aromatic heterocycles. The molecule has 0 saturated carbocycles. The third-order valence-electron chi connectivity index (χ3n) is 4.25. The van der Waals surface area contributed by atoms with Gasteiger partial charge in [0.05, 0.1) is 4.91 Å². The zero-order valence-corrected chi connectivity index (χ0v) is 17.9. The number of carbonyl (C=O) groups is 1. The molecule has 1 aliphatic rings. The van der Waals surface area contributed by atoms with Gasteiger partial charge >= 0.3 is 0 Å². The number of allylic oxidation sites excluding steroid dienone is 1. The summed E-state index contributed by atoms with van der Waals surface area (Å²) in [6, 6.07) is 4.02. The second-order valence-electron chi connectivity index (χ2n) is 8.36. The van der Waals surface area contributed by atoms with Crippen LogP contribution in [0.15, 0.2) is 22.0 Å². The molecule has 0 aliphatic carbocycles. The van der Waals surface area contributed by atoms with Gasteiger partial charge in [0.25, 0.3) is 5.91 Å². The molecule has 136 valence electrons. The van der Waals surface area contributed by atoms with Crippen LogP contribution in [-0.4, -0.2) is 21.6 Å². The fourth-order valence-electron chi connectivity index (χ4n) is 2.74. The van der Waals surface area contributed by atoms with Crippen molar-refractivity contribution in [2.75, 3.05) is 6.26 Å². The Morgan fingerprint density at radius 1 is 1.08 bits per heavy atom. The van der Waals surface area contributed by atoms with Gasteiger partial charge in [-0.1, -0.05) is 53.3 Å². The number of hydrogen-bond donors (Lipinski definition) is 1. The van der Waals surface area contributed by atoms with Gasteiger partial charge in [0.1, 0.15) is 10.1 Å². The van der Waals surface area contributed by atoms with Crippen LogP contribution in [0.1, 0.15) is 65.2 Å². The Kier molecular flexibility index (Phi) is 5.50. The monoisotopic (exact) mass is 377 g/mol. The molecule has 0 bridgehead atoms. The van der Waals surface area contributed by atoms with E-state index in [4.69, 9.17) is 0 Å². The summed E-state index contributed by atoms with van der Waals surface area (Å²) in [6.07, 6.45) is 1.92. The molecule has 5 heteroatoms. The predicted molar refractivity (Wildman–Crippen MR) is 112 cm³/mol. The van der Waals surface area contributed by atoms with Crippen LogP contribution in [0.4, 0.5) is 0 Å². The van der Waals surface area contributed by atoms with Crippen molar-refractivity contribution in [2.24, 2.45) is 4.99 Å². The molecule has 1 amide bonds. The van der Waals surface area contributed by atoms with Gasteiger partial charge < -0.3 is 5.11 Å². The van der Waals surface area contributed by atoms with Crippen molar-refractivity contribution in [2.45, 2.75) is 59.3 Å². The molecule has 2 rings (SSSR count). The molecule has 25 heavy (non-hydrogen) atoms. The topological polar surface area (TPSA) is 49.7 Å². The Labute approximate surface area is 159 Å². The van der Waals surface area contributed by atoms with Crippen molar-refractivity contribution in [3.05, 3.63) is 33.7 Å². The summed E-state index contributed by atoms with van der Waals surface area (Å²) in [4.78, 5) is 17.0. The molecule has 1 aromatic rings. The van der Waals surface area contributed by atoms with Gasteiger partial charge in [-0.2, -0.15) is 4.99 Å². The van der Waals surface area contributed by atoms with Crippen LogP contribution in [0.5, 0.6) is 5.75 Å². The lowest BCUT2D eigenvalue weighted by atomic mass is 9.78. The Morgan fingerprint density at radius 3 is 1.92 bits per heavy atom. The summed E-state index contributed by atoms with van der Waals surface area (Å²) in [5, 5.41) is 10.8. The first-order valence-corrected chi connectivity index (χ1v) is 10.3. The molecule has 1 heterocycles. The number of phenols is 1. The second kappa shape index (κ2) is 6.84. The molecule has 0 spiro atoms. The number of hydrogen-bond acceptors (Lipinski definition) is 4. The minimum atomic E-state index is -0.196. The number of amides is 1. The summed E-state index contributed by atoms with van der Waals surface area (Å²) >= 11 is 2.92. The van der Waals surface area contributed by atoms with E-state index < -0.39 is 0 Å². The lowest BCUT2D eigenvalue weighted by Gasteiger charge is -2.28. The molecular formula is C20H27NO2S2. The van der Waals surface area contributed by atoms with E-state index in [0.717, 1.165) is 26.6 Å². The Morgan fingerprint density at radius 2 is 1.56 bits per heavy atom. The van der Waals surface area contributed by atoms with E-state index in [9.17, 15) is 9.90 Å². The molecule has 0 unspecified atom stereocenters. The average molecular weight is 378 g/mol. The molecular weight excluding hydrogens is 350 g/mol. The standard InChI is InChI=1S/C20H27NO2S2/c1-11(16-17(23)21-18(24-8)25-16)12-9-13(19(2,3)4)15(22)14(10-12)20(5,6)7/h9-10,22H,1-8H3/b16-11-. The zero-order valence-electron chi connectivity index (χ0n) is 16.3. The van der Waals surface area contributed by atoms with Gasteiger partial charge in [-0.25, -0.2) is 0 Å². The van der Waals surface area contributed by atoms with E-state index in [2.05, 4.69) is 46.5 Å². The van der Waals surface area contributed by atoms with Gasteiger partial charge in [0.2, 0.25) is 0 Å². The lowest BCUT2D eigenvalue weighted by molar-refractivity contribution is -0.113. The van der Waals surface area contributed by atoms with Gasteiger partial charge in [-0.3, -0.25) is 4.79 Å². The Balaban J connectivity index is 2.69. The Hall–Kier alpha value is -1.20. The molecule has 1 aromatic carbocycles. The number of benzene rings is 1. The summed E-state index contributed by atoms with van der Waals surface area (Å²) in [5.41, 5.74) is 3.30. The van der Waals surface area contributed by atoms with E-state index >= 15 is 0 Å². The molecule has 1 aliphatic heterocycles. The molecule has 0 radical (unpaired) electrons. The number of phenolic OH excluding ortho intramolecular Hbond substituents is 1. The fraction of sp³-hybridized carbons (Fsp3) is 0.500. The maximum absolute atomic E-state index is 12.3. The first-order chi connectivity index (χ1) is 11.4. The van der Waals surface area contributed by atoms with Crippen molar-refractivity contribution >= 4 is 39.4 Å². The normalized spacial score (nSPS) is 17.8. The number of nitrogens with zero attached hydrogens (tertiary/aromatic N) is 1. The summed E-state index contributed by atoms with van der Waals surface area (Å²) in [7, 11) is 0. The molecule has 3 nitrogen and oxygen atoms in total. The number of carbonyl (C=O) groups excluding carboxylic acids is 1. The quantitative estimate of drug-likeness (QED) is 0.637. The molecule has 1 N–H and O–H groups in total. The van der Waals surface area contributed by atoms with Crippen LogP contribution in [-0.2, 0) is 15.6 Å². The third-order valence-corrected chi connectivity index (χ3v) is 6.39. The number of aliphatic imine (C=N–C) groups is 1. The van der Waals surface area contributed by atoms with Crippen LogP contribution in [0, 0.1) is 0 Å². The largest absolute Gasteiger partial charge is 0.507 e. The van der Waals surface area contributed by atoms with Crippen molar-refractivity contribution in [3.63, 3.8) is 0 Å². The van der Waals surface area contributed by atoms with Crippen LogP contribution in [0.2, 0.25) is 0 Å². The predicted octanol–water partition coefficient (Wildman–Crippen LogP) is 5.71. The van der Waals surface area contributed by atoms with Crippen molar-refractivity contribution in [1.82, 2.24) is 0 Å². The molecule has 0 saturated heterocycles. The minimum absolute atomic E-state index is 0.172. The maximum atomic E-state index is 12.3. The van der Waals surface area contributed by atoms with Gasteiger partial charge in [0.15, 0.2) is 0 Å². The van der Waals surface area contributed by atoms with Gasteiger partial charge in [-0.05, 0) is 47.3 Å². The highest BCUT2D eigenvalue weighted by Gasteiger charge is 2.29. The summed E-state index contributed by atoms with van der Waals surface area (Å²) in [6.45, 7) is 14.5. The van der Waals surface area contributed by atoms with Crippen LogP contribution in [0.3, 0.4) is 0 Å². The minimum Gasteiger partial charge on any atom is -0.507 e. The number of thioether (sulfide) groups is 2. The number of aromatic hydroxyl groups is 1. The van der Waals surface area contributed by atoms with Gasteiger partial charge in [-0.15, -0.1) is 11.8 Å². The summed E-state index contributed by atoms with van der Waals surface area (Å²) in [5.74, 6) is 0.183. The Bertz CT molecular complexity index is 743. The maximum Gasteiger partial charge on any atom is 0.285 e. The smallest absolute Gasteiger partial charge is 0.285 e. The van der Waals surface area contributed by atoms with E-state index in [1.807, 2.05) is 25.3 Å². The van der Waals surface area contributed by atoms with E-state index in [-0.39, 0.29) is 16.7 Å². The number of rotatable bonds is 1. The lowest BCUT2D eigenvalue weighted by Crippen LogP contribution is -2.17. The molecule has 0 fully saturated rings. The fourth-order valence-corrected chi connectivity index (χ4v) is 4.20. The third kappa shape index (κ3) is 4.14. The van der Waals surface area contributed by atoms with Crippen LogP contribution < -0.4 is 0 Å². The van der Waals surface area contributed by atoms with Crippen LogP contribution in [0.25, 0.3) is 5.57 Å². The highest BCUT2D eigenvalue weighted by molar-refractivity contribution is 8.41. The molecule has 0 atom stereocenters. The van der Waals surface area contributed by atoms with E-state index in [1.165, 1.54) is 23.5 Å². The van der Waals surface area contributed by atoms with Crippen LogP contribution >= 0.6 is 23.5 Å². The van der Waals surface area contributed by atoms with Crippen molar-refractivity contribution < 1.29 is 9.90 Å². The first-order valence-electron chi connectivity index (χ1n) is 8.30. The SMILES string of the molecule is CSC1=NC(=O)/C(=C(\C)c2cc(C(C)(C)C)c(O)c(C(C)(C)C)c2)S1. The van der Waals surface area contributed by atoms with Crippen molar-refractivity contribution in [1.29, 1.82) is 0 Å². The van der Waals surface area contributed by atoms with E-state index in [0.29, 0.717) is 10.7 Å². The zero-order chi connectivity index (χ0) is 19.2. The van der Waals surface area contributed by atoms with Crippen molar-refractivity contribution in [3.8, 4) is 5.75 Å². The van der Waals surface area contributed by atoms with E-state index in [1.54, 1.807) is 0 Å². The summed E-state index contributed by atoms with van der Waals surface area (Å²) < 4.78 is 0.783. The van der Waals surface area contributed by atoms with Gasteiger partial charge in [0, 0.05) is 11.1 Å². The highest BCUT2D eigenvalue weighted by atomic mass is 32.2. The highest BCUT2D eigenvalue weighted by Crippen LogP contribution is 2.43. The first kappa shape index (κ1) is 20.1. The second-order valence-corrected chi connectivity index (χ2v) is 10.4.